The maximum Gasteiger partial charge on any atom is 0.164 e. The monoisotopic (exact) mass is 664 g/mol. The summed E-state index contributed by atoms with van der Waals surface area (Å²) in [6.45, 7) is 0. The third-order valence-corrected chi connectivity index (χ3v) is 10.2. The Balaban J connectivity index is 1.22. The van der Waals surface area contributed by atoms with E-state index in [4.69, 9.17) is 19.4 Å². The summed E-state index contributed by atoms with van der Waals surface area (Å²) in [4.78, 5) is 15.9. The minimum atomic E-state index is 0.596. The van der Waals surface area contributed by atoms with Gasteiger partial charge in [-0.3, -0.25) is 0 Å². The molecule has 0 aliphatic heterocycles. The van der Waals surface area contributed by atoms with Gasteiger partial charge in [-0.25, -0.2) is 15.0 Å². The molecule has 11 rings (SSSR count). The highest BCUT2D eigenvalue weighted by atomic mass is 16.3. The molecule has 0 radical (unpaired) electrons. The summed E-state index contributed by atoms with van der Waals surface area (Å²) in [5.74, 6) is 1.83. The summed E-state index contributed by atoms with van der Waals surface area (Å²) < 4.78 is 8.63. The molecular formula is C47H28N4O. The lowest BCUT2D eigenvalue weighted by molar-refractivity contribution is 0.669. The second kappa shape index (κ2) is 11.2. The van der Waals surface area contributed by atoms with Crippen LogP contribution in [0.3, 0.4) is 0 Å². The first-order valence-corrected chi connectivity index (χ1v) is 17.5. The van der Waals surface area contributed by atoms with Crippen LogP contribution >= 0.6 is 0 Å². The Morgan fingerprint density at radius 3 is 1.83 bits per heavy atom. The molecule has 0 N–H and O–H groups in total. The first-order chi connectivity index (χ1) is 25.8. The molecule has 0 bridgehead atoms. The van der Waals surface area contributed by atoms with E-state index in [-0.39, 0.29) is 0 Å². The molecule has 52 heavy (non-hydrogen) atoms. The molecule has 5 nitrogen and oxygen atoms in total. The van der Waals surface area contributed by atoms with Crippen LogP contribution in [0.5, 0.6) is 0 Å². The minimum Gasteiger partial charge on any atom is -0.456 e. The number of nitrogens with zero attached hydrogens (tertiary/aromatic N) is 4. The van der Waals surface area contributed by atoms with Gasteiger partial charge >= 0.3 is 0 Å². The van der Waals surface area contributed by atoms with Crippen LogP contribution in [0.15, 0.2) is 174 Å². The average molecular weight is 665 g/mol. The number of fused-ring (bicyclic) bond motifs is 9. The average Bonchev–Trinajstić information content (AvgIpc) is 3.77. The van der Waals surface area contributed by atoms with Crippen LogP contribution in [0.25, 0.3) is 105 Å². The Bertz CT molecular complexity index is 3190. The second-order valence-corrected chi connectivity index (χ2v) is 13.2. The molecule has 3 aromatic heterocycles. The Labute approximate surface area is 298 Å². The van der Waals surface area contributed by atoms with E-state index in [1.807, 2.05) is 30.3 Å². The van der Waals surface area contributed by atoms with E-state index >= 15 is 0 Å². The highest BCUT2D eigenvalue weighted by Crippen LogP contribution is 2.40. The Kier molecular flexibility index (Phi) is 6.18. The van der Waals surface area contributed by atoms with Gasteiger partial charge in [0, 0.05) is 43.9 Å². The number of para-hydroxylation sites is 3. The molecule has 0 aliphatic carbocycles. The molecule has 11 aromatic rings. The molecule has 0 aliphatic rings. The Hall–Kier alpha value is -7.11. The lowest BCUT2D eigenvalue weighted by Crippen LogP contribution is -2.01. The van der Waals surface area contributed by atoms with Gasteiger partial charge in [-0.1, -0.05) is 127 Å². The van der Waals surface area contributed by atoms with E-state index in [2.05, 4.69) is 144 Å². The summed E-state index contributed by atoms with van der Waals surface area (Å²) in [5.41, 5.74) is 7.73. The molecule has 0 fully saturated rings. The fourth-order valence-corrected chi connectivity index (χ4v) is 7.91. The van der Waals surface area contributed by atoms with Crippen LogP contribution in [0.2, 0.25) is 0 Å². The third-order valence-electron chi connectivity index (χ3n) is 10.2. The number of hydrogen-bond donors (Lipinski definition) is 0. The van der Waals surface area contributed by atoms with Crippen molar-refractivity contribution >= 4 is 65.3 Å². The van der Waals surface area contributed by atoms with E-state index in [0.29, 0.717) is 17.5 Å². The lowest BCUT2D eigenvalue weighted by atomic mass is 9.99. The van der Waals surface area contributed by atoms with Crippen LogP contribution in [0, 0.1) is 0 Å². The molecule has 0 spiro atoms. The molecule has 0 saturated heterocycles. The highest BCUT2D eigenvalue weighted by Gasteiger charge is 2.21. The van der Waals surface area contributed by atoms with Crippen molar-refractivity contribution in [3.63, 3.8) is 0 Å². The molecule has 0 atom stereocenters. The van der Waals surface area contributed by atoms with Crippen molar-refractivity contribution < 1.29 is 4.42 Å². The summed E-state index contributed by atoms with van der Waals surface area (Å²) in [6.07, 6.45) is 0. The topological polar surface area (TPSA) is 56.7 Å². The fraction of sp³-hybridized carbons (Fsp3) is 0. The first-order valence-electron chi connectivity index (χ1n) is 17.5. The van der Waals surface area contributed by atoms with E-state index in [1.54, 1.807) is 0 Å². The van der Waals surface area contributed by atoms with Crippen molar-refractivity contribution in [1.82, 2.24) is 19.5 Å². The molecule has 8 aromatic carbocycles. The van der Waals surface area contributed by atoms with E-state index in [1.165, 1.54) is 16.2 Å². The van der Waals surface area contributed by atoms with Gasteiger partial charge in [-0.05, 0) is 64.0 Å². The van der Waals surface area contributed by atoms with Crippen LogP contribution in [-0.2, 0) is 0 Å². The van der Waals surface area contributed by atoms with Gasteiger partial charge in [0.05, 0.1) is 11.0 Å². The quantitative estimate of drug-likeness (QED) is 0.176. The lowest BCUT2D eigenvalue weighted by Gasteiger charge is -2.12. The van der Waals surface area contributed by atoms with Crippen molar-refractivity contribution in [2.45, 2.75) is 0 Å². The smallest absolute Gasteiger partial charge is 0.164 e. The summed E-state index contributed by atoms with van der Waals surface area (Å²) >= 11 is 0. The second-order valence-electron chi connectivity index (χ2n) is 13.2. The predicted molar refractivity (Wildman–Crippen MR) is 213 cm³/mol. The number of rotatable bonds is 4. The predicted octanol–water partition coefficient (Wildman–Crippen LogP) is 12.2. The Morgan fingerprint density at radius 2 is 0.981 bits per heavy atom. The van der Waals surface area contributed by atoms with Crippen LogP contribution < -0.4 is 0 Å². The zero-order valence-corrected chi connectivity index (χ0v) is 27.9. The zero-order chi connectivity index (χ0) is 34.2. The molecule has 0 amide bonds. The van der Waals surface area contributed by atoms with Crippen molar-refractivity contribution in [3.8, 4) is 39.9 Å². The molecular weight excluding hydrogens is 637 g/mol. The summed E-state index contributed by atoms with van der Waals surface area (Å²) in [5, 5.41) is 8.99. The van der Waals surface area contributed by atoms with E-state index in [0.717, 1.165) is 71.5 Å². The number of benzene rings is 8. The standard InChI is InChI=1S/C47H28N4O/c1-2-13-32(14-3-1)51-39-20-8-6-16-34(39)43-36(18-10-21-40(43)51)46-48-45(31-27-26-30-25-24-29-12-4-5-15-33(29)38(30)28-31)49-47(50-46)37-19-11-23-42-44(37)35-17-7-9-22-41(35)52-42/h1-28H. The fourth-order valence-electron chi connectivity index (χ4n) is 7.91. The molecule has 0 saturated carbocycles. The van der Waals surface area contributed by atoms with Gasteiger partial charge < -0.3 is 8.98 Å². The van der Waals surface area contributed by atoms with Crippen LogP contribution in [-0.4, -0.2) is 19.5 Å². The van der Waals surface area contributed by atoms with E-state index in [9.17, 15) is 0 Å². The van der Waals surface area contributed by atoms with Gasteiger partial charge in [0.25, 0.3) is 0 Å². The van der Waals surface area contributed by atoms with Gasteiger partial charge in [0.15, 0.2) is 17.5 Å². The van der Waals surface area contributed by atoms with Gasteiger partial charge in [-0.15, -0.1) is 0 Å². The zero-order valence-electron chi connectivity index (χ0n) is 27.9. The van der Waals surface area contributed by atoms with Gasteiger partial charge in [0.1, 0.15) is 11.2 Å². The Morgan fingerprint density at radius 1 is 0.385 bits per heavy atom. The summed E-state index contributed by atoms with van der Waals surface area (Å²) in [6, 6.07) is 59.1. The van der Waals surface area contributed by atoms with Crippen molar-refractivity contribution in [3.05, 3.63) is 170 Å². The van der Waals surface area contributed by atoms with Gasteiger partial charge in [0.2, 0.25) is 0 Å². The molecule has 3 heterocycles. The number of aromatic nitrogens is 4. The summed E-state index contributed by atoms with van der Waals surface area (Å²) in [7, 11) is 0. The third kappa shape index (κ3) is 4.33. The maximum absolute atomic E-state index is 6.31. The SMILES string of the molecule is c1ccc(-n2c3ccccc3c3c(-c4nc(-c5ccc6ccc7ccccc7c6c5)nc(-c5cccc6oc7ccccc7c56)n4)cccc32)cc1. The van der Waals surface area contributed by atoms with Crippen molar-refractivity contribution in [1.29, 1.82) is 0 Å². The van der Waals surface area contributed by atoms with Crippen molar-refractivity contribution in [2.75, 3.05) is 0 Å². The normalized spacial score (nSPS) is 11.8. The molecule has 242 valence electrons. The van der Waals surface area contributed by atoms with Crippen molar-refractivity contribution in [2.24, 2.45) is 0 Å². The van der Waals surface area contributed by atoms with Crippen LogP contribution in [0.4, 0.5) is 0 Å². The van der Waals surface area contributed by atoms with Crippen LogP contribution in [0.1, 0.15) is 0 Å². The first kappa shape index (κ1) is 28.7. The minimum absolute atomic E-state index is 0.596. The largest absolute Gasteiger partial charge is 0.456 e. The van der Waals surface area contributed by atoms with E-state index < -0.39 is 0 Å². The number of furan rings is 1. The van der Waals surface area contributed by atoms with Gasteiger partial charge in [-0.2, -0.15) is 0 Å². The number of hydrogen-bond acceptors (Lipinski definition) is 4. The maximum atomic E-state index is 6.31. The molecule has 0 unspecified atom stereocenters. The molecule has 5 heteroatoms. The highest BCUT2D eigenvalue weighted by molar-refractivity contribution is 6.16.